The van der Waals surface area contributed by atoms with Crippen molar-refractivity contribution in [2.24, 2.45) is 68.0 Å². The van der Waals surface area contributed by atoms with Crippen molar-refractivity contribution in [1.82, 2.24) is 9.80 Å². The number of nitrogens with zero attached hydrogens (tertiary/aromatic N) is 2. The fourth-order valence-electron chi connectivity index (χ4n) is 15.2. The van der Waals surface area contributed by atoms with Crippen molar-refractivity contribution < 1.29 is 14.3 Å². The first kappa shape index (κ1) is 34.4. The van der Waals surface area contributed by atoms with Crippen LogP contribution >= 0.6 is 0 Å². The Bertz CT molecular complexity index is 1220. The number of hydrogen-bond donors (Lipinski definition) is 0. The number of hydrogen-bond acceptors (Lipinski definition) is 4. The van der Waals surface area contributed by atoms with Gasteiger partial charge in [0.05, 0.1) is 31.3 Å². The van der Waals surface area contributed by atoms with Gasteiger partial charge in [-0.1, -0.05) is 48.5 Å². The molecule has 0 N–H and O–H groups in total. The van der Waals surface area contributed by atoms with Gasteiger partial charge in [-0.3, -0.25) is 9.69 Å². The molecule has 0 spiro atoms. The van der Waals surface area contributed by atoms with Crippen molar-refractivity contribution in [2.75, 3.05) is 52.5 Å². The zero-order chi connectivity index (χ0) is 33.7. The zero-order valence-corrected chi connectivity index (χ0v) is 32.2. The largest absolute Gasteiger partial charge is 0.379 e. The first-order chi connectivity index (χ1) is 22.8. The summed E-state index contributed by atoms with van der Waals surface area (Å²) in [7, 11) is 0. The van der Waals surface area contributed by atoms with Crippen LogP contribution in [0.5, 0.6) is 0 Å². The van der Waals surface area contributed by atoms with E-state index < -0.39 is 0 Å². The normalized spacial score (nSPS) is 48.6. The standard InChI is InChI=1S/C43H72N2O3/c1-30-10-15-40(5)34(38(30,2)3)12-16-42(7)35(40)9-8-33-36-32(39(4)18-19-39)11-17-43(36,21-20-41(33,42)6)37(46)45-22-13-31(14-23-45)48-29-26-44-24-27-47-28-25-44/h30-36H,8-29H2,1-7H3/t30-,32+,33+,34-,35+,36+,40-,41+,42+,43-/m0/s1. The van der Waals surface area contributed by atoms with Gasteiger partial charge in [-0.25, -0.2) is 0 Å². The summed E-state index contributed by atoms with van der Waals surface area (Å²) in [5.74, 6) is 5.12. The molecule has 2 aliphatic heterocycles. The van der Waals surface area contributed by atoms with Gasteiger partial charge in [0, 0.05) is 32.7 Å². The predicted molar refractivity (Wildman–Crippen MR) is 193 cm³/mol. The van der Waals surface area contributed by atoms with Crippen LogP contribution in [0.1, 0.15) is 138 Å². The fourth-order valence-corrected chi connectivity index (χ4v) is 15.2. The lowest BCUT2D eigenvalue weighted by molar-refractivity contribution is -0.244. The summed E-state index contributed by atoms with van der Waals surface area (Å²) in [5, 5.41) is 0. The van der Waals surface area contributed by atoms with E-state index in [0.717, 1.165) is 102 Å². The van der Waals surface area contributed by atoms with Crippen molar-refractivity contribution in [3.63, 3.8) is 0 Å². The van der Waals surface area contributed by atoms with E-state index in [1.165, 1.54) is 64.2 Å². The molecule has 6 saturated carbocycles. The van der Waals surface area contributed by atoms with Crippen molar-refractivity contribution in [3.05, 3.63) is 0 Å². The van der Waals surface area contributed by atoms with Gasteiger partial charge in [0.1, 0.15) is 0 Å². The number of likely N-dealkylation sites (tertiary alicyclic amines) is 1. The molecule has 5 heteroatoms. The second-order valence-electron chi connectivity index (χ2n) is 20.7. The Hall–Kier alpha value is -0.650. The van der Waals surface area contributed by atoms with E-state index in [2.05, 4.69) is 58.3 Å². The third-order valence-electron chi connectivity index (χ3n) is 18.9. The van der Waals surface area contributed by atoms with Crippen LogP contribution in [0.4, 0.5) is 0 Å². The predicted octanol–water partition coefficient (Wildman–Crippen LogP) is 8.84. The second-order valence-corrected chi connectivity index (χ2v) is 20.7. The lowest BCUT2D eigenvalue weighted by atomic mass is 9.32. The lowest BCUT2D eigenvalue weighted by Gasteiger charge is -2.73. The van der Waals surface area contributed by atoms with E-state index in [4.69, 9.17) is 9.47 Å². The molecule has 8 aliphatic rings. The Morgan fingerprint density at radius 2 is 1.44 bits per heavy atom. The molecule has 1 amide bonds. The molecule has 10 atom stereocenters. The molecular formula is C43H72N2O3. The summed E-state index contributed by atoms with van der Waals surface area (Å²) in [5.41, 5.74) is 2.02. The highest BCUT2D eigenvalue weighted by atomic mass is 16.5. The van der Waals surface area contributed by atoms with E-state index >= 15 is 4.79 Å². The maximum Gasteiger partial charge on any atom is 0.229 e. The average Bonchev–Trinajstić information content (AvgIpc) is 3.69. The molecule has 6 aliphatic carbocycles. The maximum absolute atomic E-state index is 15.1. The number of piperidine rings is 1. The molecule has 2 heterocycles. The highest BCUT2D eigenvalue weighted by Crippen LogP contribution is 2.79. The average molecular weight is 665 g/mol. The van der Waals surface area contributed by atoms with Crippen molar-refractivity contribution in [3.8, 4) is 0 Å². The minimum atomic E-state index is -0.114. The van der Waals surface area contributed by atoms with Crippen molar-refractivity contribution >= 4 is 5.91 Å². The smallest absolute Gasteiger partial charge is 0.229 e. The van der Waals surface area contributed by atoms with Crippen LogP contribution in [0.2, 0.25) is 0 Å². The molecule has 5 nitrogen and oxygen atoms in total. The Labute approximate surface area is 294 Å². The molecule has 0 aromatic carbocycles. The van der Waals surface area contributed by atoms with Gasteiger partial charge >= 0.3 is 0 Å². The number of carbonyl (C=O) groups is 1. The van der Waals surface area contributed by atoms with Crippen LogP contribution in [0.3, 0.4) is 0 Å². The highest BCUT2D eigenvalue weighted by Gasteiger charge is 2.73. The van der Waals surface area contributed by atoms with Crippen molar-refractivity contribution in [2.45, 2.75) is 144 Å². The Balaban J connectivity index is 1.01. The van der Waals surface area contributed by atoms with Crippen LogP contribution in [0.15, 0.2) is 0 Å². The van der Waals surface area contributed by atoms with Gasteiger partial charge in [0.2, 0.25) is 5.91 Å². The van der Waals surface area contributed by atoms with Crippen molar-refractivity contribution in [1.29, 1.82) is 0 Å². The van der Waals surface area contributed by atoms with Gasteiger partial charge in [-0.15, -0.1) is 0 Å². The van der Waals surface area contributed by atoms with E-state index in [9.17, 15) is 0 Å². The van der Waals surface area contributed by atoms with Gasteiger partial charge in [-0.2, -0.15) is 0 Å². The molecule has 0 radical (unpaired) electrons. The fraction of sp³-hybridized carbons (Fsp3) is 0.977. The summed E-state index contributed by atoms with van der Waals surface area (Å²) in [6.07, 6.45) is 18.4. The minimum absolute atomic E-state index is 0.114. The van der Waals surface area contributed by atoms with E-state index in [1.54, 1.807) is 0 Å². The Morgan fingerprint density at radius 3 is 2.15 bits per heavy atom. The number of morpholine rings is 1. The molecule has 272 valence electrons. The topological polar surface area (TPSA) is 42.0 Å². The Kier molecular flexibility index (Phi) is 8.57. The van der Waals surface area contributed by atoms with Gasteiger partial charge in [0.15, 0.2) is 0 Å². The lowest BCUT2D eigenvalue weighted by Crippen LogP contribution is -2.67. The number of rotatable bonds is 6. The summed E-state index contributed by atoms with van der Waals surface area (Å²) in [6, 6.07) is 0. The third-order valence-corrected chi connectivity index (χ3v) is 18.9. The summed E-state index contributed by atoms with van der Waals surface area (Å²) in [6.45, 7) is 26.1. The first-order valence-electron chi connectivity index (χ1n) is 21.0. The molecule has 0 bridgehead atoms. The number of fused-ring (bicyclic) bond motifs is 7. The third kappa shape index (κ3) is 5.02. The van der Waals surface area contributed by atoms with Crippen LogP contribution in [0, 0.1) is 68.0 Å². The molecule has 0 aromatic rings. The van der Waals surface area contributed by atoms with Crippen LogP contribution < -0.4 is 0 Å². The van der Waals surface area contributed by atoms with E-state index in [-0.39, 0.29) is 5.41 Å². The molecule has 48 heavy (non-hydrogen) atoms. The van der Waals surface area contributed by atoms with E-state index in [0.29, 0.717) is 50.9 Å². The summed E-state index contributed by atoms with van der Waals surface area (Å²) >= 11 is 0. The molecule has 8 fully saturated rings. The second kappa shape index (κ2) is 11.9. The Morgan fingerprint density at radius 1 is 0.708 bits per heavy atom. The van der Waals surface area contributed by atoms with Gasteiger partial charge in [-0.05, 0) is 152 Å². The molecule has 8 rings (SSSR count). The first-order valence-corrected chi connectivity index (χ1v) is 21.0. The molecule has 0 unspecified atom stereocenters. The number of ether oxygens (including phenoxy) is 2. The summed E-state index contributed by atoms with van der Waals surface area (Å²) < 4.78 is 11.9. The zero-order valence-electron chi connectivity index (χ0n) is 32.2. The monoisotopic (exact) mass is 665 g/mol. The number of amides is 1. The summed E-state index contributed by atoms with van der Waals surface area (Å²) in [4.78, 5) is 19.9. The minimum Gasteiger partial charge on any atom is -0.379 e. The maximum atomic E-state index is 15.1. The van der Waals surface area contributed by atoms with Crippen LogP contribution in [-0.2, 0) is 14.3 Å². The molecular weight excluding hydrogens is 592 g/mol. The quantitative estimate of drug-likeness (QED) is 0.285. The van der Waals surface area contributed by atoms with Gasteiger partial charge in [0.25, 0.3) is 0 Å². The van der Waals surface area contributed by atoms with Crippen LogP contribution in [0.25, 0.3) is 0 Å². The number of carbonyl (C=O) groups excluding carboxylic acids is 1. The SMILES string of the molecule is C[C@H]1CC[C@]2(C)[C@H]3CC[C@@H]4[C@H]5[C@H](C6(C)CC6)CC[C@]5(C(=O)N5CCC(OCCN6CCOCC6)CC5)CC[C@@]4(C)[C@]3(C)CC[C@H]2C1(C)C. The molecule has 2 saturated heterocycles. The molecule has 0 aromatic heterocycles. The highest BCUT2D eigenvalue weighted by molar-refractivity contribution is 5.84. The van der Waals surface area contributed by atoms with Crippen LogP contribution in [-0.4, -0.2) is 74.4 Å². The van der Waals surface area contributed by atoms with Gasteiger partial charge < -0.3 is 14.4 Å². The van der Waals surface area contributed by atoms with E-state index in [1.807, 2.05) is 0 Å².